The van der Waals surface area contributed by atoms with Crippen molar-refractivity contribution in [3.05, 3.63) is 59.2 Å². The summed E-state index contributed by atoms with van der Waals surface area (Å²) in [7, 11) is 0. The summed E-state index contributed by atoms with van der Waals surface area (Å²) in [6, 6.07) is 11.9. The fraction of sp³-hybridized carbons (Fsp3) is 0.667. The van der Waals surface area contributed by atoms with Crippen LogP contribution >= 0.6 is 0 Å². The molecule has 0 bridgehead atoms. The van der Waals surface area contributed by atoms with Crippen LogP contribution in [0.2, 0.25) is 0 Å². The Morgan fingerprint density at radius 2 is 0.807 bits per heavy atom. The Balaban J connectivity index is 1.41. The summed E-state index contributed by atoms with van der Waals surface area (Å²) in [5, 5.41) is 36.9. The molecule has 316 valence electrons. The third-order valence-corrected chi connectivity index (χ3v) is 12.6. The molecule has 3 fully saturated rings. The maximum atomic E-state index is 14.2. The lowest BCUT2D eigenvalue weighted by Gasteiger charge is -2.42. The van der Waals surface area contributed by atoms with Gasteiger partial charge in [0.1, 0.15) is 18.3 Å². The largest absolute Gasteiger partial charge is 0.459 e. The molecule has 12 nitrogen and oxygen atoms in total. The molecule has 0 radical (unpaired) electrons. The van der Waals surface area contributed by atoms with E-state index < -0.39 is 63.3 Å². The molecular weight excluding hydrogens is 727 g/mol. The van der Waals surface area contributed by atoms with Gasteiger partial charge in [-0.1, -0.05) is 18.2 Å². The normalized spacial score (nSPS) is 27.2. The average molecular weight is 794 g/mol. The first-order chi connectivity index (χ1) is 26.1. The van der Waals surface area contributed by atoms with Crippen LogP contribution in [0.4, 0.5) is 0 Å². The van der Waals surface area contributed by atoms with Crippen molar-refractivity contribution in [3.63, 3.8) is 0 Å². The molecule has 0 aliphatic carbocycles. The van der Waals surface area contributed by atoms with E-state index >= 15 is 0 Å². The van der Waals surface area contributed by atoms with Gasteiger partial charge in [0.15, 0.2) is 0 Å². The van der Waals surface area contributed by atoms with E-state index in [1.807, 2.05) is 83.1 Å². The van der Waals surface area contributed by atoms with E-state index in [0.717, 1.165) is 0 Å². The van der Waals surface area contributed by atoms with Crippen molar-refractivity contribution < 1.29 is 44.2 Å². The van der Waals surface area contributed by atoms with E-state index in [0.29, 0.717) is 74.5 Å². The van der Waals surface area contributed by atoms with Crippen LogP contribution in [-0.2, 0) is 14.2 Å². The third kappa shape index (κ3) is 9.91. The number of hydrogen-bond acceptors (Lipinski definition) is 12. The summed E-state index contributed by atoms with van der Waals surface area (Å²) in [5.41, 5.74) is -1.62. The highest BCUT2D eigenvalue weighted by Gasteiger charge is 2.46. The Morgan fingerprint density at radius 1 is 0.474 bits per heavy atom. The van der Waals surface area contributed by atoms with E-state index in [9.17, 15) is 30.0 Å². The van der Waals surface area contributed by atoms with Crippen molar-refractivity contribution in [2.45, 2.75) is 192 Å². The Morgan fingerprint density at radius 3 is 1.19 bits per heavy atom. The van der Waals surface area contributed by atoms with Crippen molar-refractivity contribution in [2.75, 3.05) is 0 Å². The van der Waals surface area contributed by atoms with Gasteiger partial charge in [-0.2, -0.15) is 15.2 Å². The Kier molecular flexibility index (Phi) is 12.5. The molecule has 0 aromatic heterocycles. The molecule has 3 aliphatic heterocycles. The van der Waals surface area contributed by atoms with Crippen LogP contribution in [0, 0.1) is 0 Å². The number of hydrogen-bond donors (Lipinski definition) is 3. The van der Waals surface area contributed by atoms with Gasteiger partial charge in [-0.15, -0.1) is 0 Å². The number of rotatable bonds is 7. The second kappa shape index (κ2) is 16.0. The van der Waals surface area contributed by atoms with Crippen LogP contribution in [-0.4, -0.2) is 100 Å². The molecule has 2 aromatic carbocycles. The second-order valence-electron chi connectivity index (χ2n) is 20.5. The molecule has 12 heteroatoms. The van der Waals surface area contributed by atoms with Crippen molar-refractivity contribution in [1.29, 1.82) is 0 Å². The van der Waals surface area contributed by atoms with Crippen LogP contribution in [0.5, 0.6) is 0 Å². The summed E-state index contributed by atoms with van der Waals surface area (Å²) >= 11 is 0. The standard InChI is InChI=1S/C45H67N3O9/c1-40(2)22-19-32(26-43(7,8)46(40)52)55-37(49)30-15-13-29(14-16-30)31-17-18-35(38(50)56-33-20-23-41(3,4)47(53)44(9,10)27-33)36(25-31)39(51)57-34-21-24-42(5,6)48(54)45(11,12)28-34/h13-18,25,32-34,52-54H,19-24,26-28H2,1-12H3. The zero-order valence-electron chi connectivity index (χ0n) is 36.3. The van der Waals surface area contributed by atoms with Crippen molar-refractivity contribution in [1.82, 2.24) is 15.2 Å². The van der Waals surface area contributed by atoms with E-state index in [4.69, 9.17) is 14.2 Å². The zero-order chi connectivity index (χ0) is 42.5. The number of nitrogens with zero attached hydrogens (tertiary/aromatic N) is 3. The van der Waals surface area contributed by atoms with Crippen LogP contribution in [0.1, 0.15) is 172 Å². The molecule has 3 unspecified atom stereocenters. The van der Waals surface area contributed by atoms with Crippen LogP contribution in [0.3, 0.4) is 0 Å². The number of hydroxylamine groups is 6. The number of esters is 3. The molecule has 0 spiro atoms. The molecule has 3 heterocycles. The summed E-state index contributed by atoms with van der Waals surface area (Å²) < 4.78 is 18.2. The van der Waals surface area contributed by atoms with E-state index in [1.165, 1.54) is 15.2 Å². The topological polar surface area (TPSA) is 149 Å². The highest BCUT2D eigenvalue weighted by Crippen LogP contribution is 2.40. The zero-order valence-corrected chi connectivity index (χ0v) is 36.3. The fourth-order valence-corrected chi connectivity index (χ4v) is 9.38. The lowest BCUT2D eigenvalue weighted by molar-refractivity contribution is -0.222. The van der Waals surface area contributed by atoms with Crippen molar-refractivity contribution in [2.24, 2.45) is 0 Å². The third-order valence-electron chi connectivity index (χ3n) is 12.6. The molecule has 5 rings (SSSR count). The summed E-state index contributed by atoms with van der Waals surface area (Å²) in [6.07, 6.45) is 3.39. The van der Waals surface area contributed by atoms with Gasteiger partial charge in [-0.3, -0.25) is 0 Å². The molecule has 3 aliphatic rings. The lowest BCUT2D eigenvalue weighted by atomic mass is 9.94. The van der Waals surface area contributed by atoms with Crippen LogP contribution < -0.4 is 0 Å². The first kappa shape index (κ1) is 44.7. The maximum Gasteiger partial charge on any atom is 0.339 e. The first-order valence-electron chi connectivity index (χ1n) is 20.5. The fourth-order valence-electron chi connectivity index (χ4n) is 9.38. The molecule has 3 atom stereocenters. The molecule has 0 saturated carbocycles. The molecule has 3 saturated heterocycles. The Labute approximate surface area is 339 Å². The maximum absolute atomic E-state index is 14.2. The molecule has 2 aromatic rings. The van der Waals surface area contributed by atoms with E-state index in [-0.39, 0.29) is 17.2 Å². The predicted molar refractivity (Wildman–Crippen MR) is 216 cm³/mol. The van der Waals surface area contributed by atoms with Gasteiger partial charge in [0.05, 0.1) is 16.7 Å². The number of ether oxygens (including phenoxy) is 3. The van der Waals surface area contributed by atoms with Crippen molar-refractivity contribution >= 4 is 17.9 Å². The van der Waals surface area contributed by atoms with E-state index in [1.54, 1.807) is 42.5 Å². The lowest BCUT2D eigenvalue weighted by Crippen LogP contribution is -2.52. The quantitative estimate of drug-likeness (QED) is 0.181. The van der Waals surface area contributed by atoms with Gasteiger partial charge in [0, 0.05) is 52.5 Å². The number of carbonyl (C=O) groups excluding carboxylic acids is 3. The van der Waals surface area contributed by atoms with E-state index in [2.05, 4.69) is 0 Å². The monoisotopic (exact) mass is 793 g/mol. The summed E-state index contributed by atoms with van der Waals surface area (Å²) in [6.45, 7) is 23.3. The van der Waals surface area contributed by atoms with Gasteiger partial charge in [0.25, 0.3) is 0 Å². The van der Waals surface area contributed by atoms with Gasteiger partial charge < -0.3 is 29.8 Å². The second-order valence-corrected chi connectivity index (χ2v) is 20.5. The average Bonchev–Trinajstić information content (AvgIpc) is 3.30. The minimum absolute atomic E-state index is 0.0528. The Hall–Kier alpha value is -3.39. The SMILES string of the molecule is CC1(C)CCC(OC(=O)c2ccc(-c3ccc(C(=O)OC4CCC(C)(C)N(O)C(C)(C)C4)c(C(=O)OC4CCC(C)(C)N(O)C(C)(C)C4)c3)cc2)CC(C)(C)N1O. The smallest absolute Gasteiger partial charge is 0.339 e. The van der Waals surface area contributed by atoms with Crippen LogP contribution in [0.15, 0.2) is 42.5 Å². The summed E-state index contributed by atoms with van der Waals surface area (Å²) in [4.78, 5) is 41.6. The number of benzene rings is 2. The predicted octanol–water partition coefficient (Wildman–Crippen LogP) is 9.23. The van der Waals surface area contributed by atoms with Gasteiger partial charge >= 0.3 is 17.9 Å². The van der Waals surface area contributed by atoms with Crippen LogP contribution in [0.25, 0.3) is 11.1 Å². The first-order valence-corrected chi connectivity index (χ1v) is 20.5. The van der Waals surface area contributed by atoms with Crippen molar-refractivity contribution in [3.8, 4) is 11.1 Å². The van der Waals surface area contributed by atoms with Gasteiger partial charge in [-0.25, -0.2) is 14.4 Å². The minimum Gasteiger partial charge on any atom is -0.459 e. The molecular formula is C45H67N3O9. The molecule has 3 N–H and O–H groups in total. The number of carbonyl (C=O) groups is 3. The molecule has 57 heavy (non-hydrogen) atoms. The minimum atomic E-state index is -0.680. The molecule has 0 amide bonds. The summed E-state index contributed by atoms with van der Waals surface area (Å²) in [5.74, 6) is -1.79. The highest BCUT2D eigenvalue weighted by atomic mass is 16.6. The van der Waals surface area contributed by atoms with Gasteiger partial charge in [0.2, 0.25) is 0 Å². The Bertz CT molecular complexity index is 1800. The van der Waals surface area contributed by atoms with Gasteiger partial charge in [-0.05, 0) is 157 Å². The highest BCUT2D eigenvalue weighted by molar-refractivity contribution is 6.04.